The maximum Gasteiger partial charge on any atom is 0.380 e. The standard InChI is InChI=1S/C24H27N3O5/c1-15-13-20(17(3)26(15)11-12-31-5)21(28)14-32-24(30)23(29)22-16(2)25-27(18(22)4)19-9-7-6-8-10-19/h6-10,13H,11-12,14H2,1-5H3. The molecule has 0 spiro atoms. The number of benzene rings is 1. The first-order chi connectivity index (χ1) is 15.3. The number of carbonyl (C=O) groups is 3. The summed E-state index contributed by atoms with van der Waals surface area (Å²) in [5.74, 6) is -2.26. The number of rotatable bonds is 9. The zero-order chi connectivity index (χ0) is 23.4. The summed E-state index contributed by atoms with van der Waals surface area (Å²) < 4.78 is 13.8. The van der Waals surface area contributed by atoms with Crippen LogP contribution in [0.1, 0.15) is 43.5 Å². The van der Waals surface area contributed by atoms with Crippen molar-refractivity contribution in [2.75, 3.05) is 20.3 Å². The number of ketones is 2. The summed E-state index contributed by atoms with van der Waals surface area (Å²) >= 11 is 0. The highest BCUT2D eigenvalue weighted by atomic mass is 16.5. The van der Waals surface area contributed by atoms with Gasteiger partial charge < -0.3 is 14.0 Å². The molecule has 8 heteroatoms. The maximum absolute atomic E-state index is 12.8. The van der Waals surface area contributed by atoms with E-state index in [0.717, 1.165) is 17.1 Å². The first kappa shape index (κ1) is 23.1. The lowest BCUT2D eigenvalue weighted by atomic mass is 10.1. The number of para-hydroxylation sites is 1. The van der Waals surface area contributed by atoms with Crippen molar-refractivity contribution in [2.24, 2.45) is 0 Å². The fourth-order valence-corrected chi connectivity index (χ4v) is 3.78. The Bertz CT molecular complexity index is 1160. The van der Waals surface area contributed by atoms with Crippen molar-refractivity contribution in [2.45, 2.75) is 34.2 Å². The zero-order valence-corrected chi connectivity index (χ0v) is 19.0. The molecule has 2 aromatic heterocycles. The number of carbonyl (C=O) groups excluding carboxylic acids is 3. The van der Waals surface area contributed by atoms with Crippen molar-refractivity contribution in [3.8, 4) is 5.69 Å². The van der Waals surface area contributed by atoms with E-state index in [2.05, 4.69) is 5.10 Å². The van der Waals surface area contributed by atoms with Crippen LogP contribution < -0.4 is 0 Å². The summed E-state index contributed by atoms with van der Waals surface area (Å²) in [6, 6.07) is 11.1. The van der Waals surface area contributed by atoms with E-state index in [4.69, 9.17) is 9.47 Å². The Balaban J connectivity index is 1.72. The SMILES string of the molecule is COCCn1c(C)cc(C(=O)COC(=O)C(=O)c2c(C)nn(-c3ccccc3)c2C)c1C. The minimum absolute atomic E-state index is 0.184. The third-order valence-electron chi connectivity index (χ3n) is 5.43. The van der Waals surface area contributed by atoms with Gasteiger partial charge in [-0.15, -0.1) is 0 Å². The second-order valence-electron chi connectivity index (χ2n) is 7.55. The average Bonchev–Trinajstić information content (AvgIpc) is 3.24. The van der Waals surface area contributed by atoms with Gasteiger partial charge >= 0.3 is 5.97 Å². The number of aromatic nitrogens is 3. The lowest BCUT2D eigenvalue weighted by Crippen LogP contribution is -2.23. The molecule has 0 N–H and O–H groups in total. The number of ether oxygens (including phenoxy) is 2. The summed E-state index contributed by atoms with van der Waals surface area (Å²) in [6.07, 6.45) is 0. The van der Waals surface area contributed by atoms with Gasteiger partial charge in [0.2, 0.25) is 5.78 Å². The first-order valence-corrected chi connectivity index (χ1v) is 10.3. The van der Waals surface area contributed by atoms with Gasteiger partial charge in [-0.2, -0.15) is 5.10 Å². The first-order valence-electron chi connectivity index (χ1n) is 10.3. The highest BCUT2D eigenvalue weighted by Gasteiger charge is 2.27. The molecule has 0 bridgehead atoms. The van der Waals surface area contributed by atoms with Gasteiger partial charge in [0, 0.05) is 30.6 Å². The van der Waals surface area contributed by atoms with E-state index >= 15 is 0 Å². The Kier molecular flexibility index (Phi) is 7.05. The molecular formula is C24H27N3O5. The van der Waals surface area contributed by atoms with Gasteiger partial charge in [0.1, 0.15) is 0 Å². The molecule has 168 valence electrons. The highest BCUT2D eigenvalue weighted by Crippen LogP contribution is 2.19. The van der Waals surface area contributed by atoms with Crippen molar-refractivity contribution < 1.29 is 23.9 Å². The van der Waals surface area contributed by atoms with Crippen LogP contribution in [-0.2, 0) is 20.8 Å². The third-order valence-corrected chi connectivity index (χ3v) is 5.43. The molecule has 0 unspecified atom stereocenters. The minimum Gasteiger partial charge on any atom is -0.451 e. The number of hydrogen-bond acceptors (Lipinski definition) is 6. The van der Waals surface area contributed by atoms with Crippen molar-refractivity contribution in [1.29, 1.82) is 0 Å². The van der Waals surface area contributed by atoms with Crippen LogP contribution in [0.2, 0.25) is 0 Å². The molecular weight excluding hydrogens is 410 g/mol. The molecule has 8 nitrogen and oxygen atoms in total. The van der Waals surface area contributed by atoms with Crippen molar-refractivity contribution in [3.63, 3.8) is 0 Å². The molecule has 0 amide bonds. The largest absolute Gasteiger partial charge is 0.451 e. The van der Waals surface area contributed by atoms with Gasteiger partial charge in [-0.3, -0.25) is 9.59 Å². The molecule has 1 aromatic carbocycles. The summed E-state index contributed by atoms with van der Waals surface area (Å²) in [5, 5.41) is 4.38. The number of esters is 1. The number of hydrogen-bond donors (Lipinski definition) is 0. The van der Waals surface area contributed by atoms with Gasteiger partial charge in [0.25, 0.3) is 5.78 Å². The molecule has 2 heterocycles. The van der Waals surface area contributed by atoms with E-state index in [1.54, 1.807) is 31.7 Å². The van der Waals surface area contributed by atoms with Gasteiger partial charge in [-0.25, -0.2) is 9.48 Å². The normalized spacial score (nSPS) is 10.9. The summed E-state index contributed by atoms with van der Waals surface area (Å²) in [5.41, 5.74) is 4.05. The van der Waals surface area contributed by atoms with Crippen molar-refractivity contribution in [1.82, 2.24) is 14.3 Å². The Morgan fingerprint density at radius 3 is 2.34 bits per heavy atom. The molecule has 0 fully saturated rings. The lowest BCUT2D eigenvalue weighted by Gasteiger charge is -2.09. The van der Waals surface area contributed by atoms with E-state index in [-0.39, 0.29) is 11.3 Å². The maximum atomic E-state index is 12.8. The van der Waals surface area contributed by atoms with Crippen LogP contribution in [0, 0.1) is 27.7 Å². The quantitative estimate of drug-likeness (QED) is 0.290. The number of methoxy groups -OCH3 is 1. The van der Waals surface area contributed by atoms with E-state index in [1.165, 1.54) is 0 Å². The predicted molar refractivity (Wildman–Crippen MR) is 118 cm³/mol. The van der Waals surface area contributed by atoms with Gasteiger partial charge in [0.15, 0.2) is 6.61 Å². The second kappa shape index (κ2) is 9.74. The third kappa shape index (κ3) is 4.55. The molecule has 0 saturated carbocycles. The molecule has 0 aliphatic carbocycles. The number of Topliss-reactive ketones (excluding diaryl/α,β-unsaturated/α-hetero) is 2. The minimum atomic E-state index is -1.08. The van der Waals surface area contributed by atoms with Gasteiger partial charge in [-0.05, 0) is 45.9 Å². The van der Waals surface area contributed by atoms with E-state index in [1.807, 2.05) is 48.7 Å². The summed E-state index contributed by atoms with van der Waals surface area (Å²) in [4.78, 5) is 37.9. The molecule has 0 atom stereocenters. The summed E-state index contributed by atoms with van der Waals surface area (Å²) in [7, 11) is 1.61. The zero-order valence-electron chi connectivity index (χ0n) is 19.0. The smallest absolute Gasteiger partial charge is 0.380 e. The van der Waals surface area contributed by atoms with Crippen molar-refractivity contribution in [3.05, 3.63) is 70.3 Å². The van der Waals surface area contributed by atoms with Gasteiger partial charge in [-0.1, -0.05) is 18.2 Å². The molecule has 0 aliphatic rings. The Morgan fingerprint density at radius 2 is 1.69 bits per heavy atom. The van der Waals surface area contributed by atoms with E-state index in [9.17, 15) is 14.4 Å². The number of nitrogens with zero attached hydrogens (tertiary/aromatic N) is 3. The van der Waals surface area contributed by atoms with Crippen LogP contribution in [0.4, 0.5) is 0 Å². The molecule has 0 saturated heterocycles. The second-order valence-corrected chi connectivity index (χ2v) is 7.55. The van der Waals surface area contributed by atoms with Crippen molar-refractivity contribution >= 4 is 17.5 Å². The van der Waals surface area contributed by atoms with Gasteiger partial charge in [0.05, 0.1) is 29.2 Å². The molecule has 0 radical (unpaired) electrons. The average molecular weight is 437 g/mol. The molecule has 0 aliphatic heterocycles. The fraction of sp³-hybridized carbons (Fsp3) is 0.333. The van der Waals surface area contributed by atoms with E-state index in [0.29, 0.717) is 30.1 Å². The van der Waals surface area contributed by atoms with Crippen LogP contribution >= 0.6 is 0 Å². The Labute approximate surface area is 186 Å². The Morgan fingerprint density at radius 1 is 1.00 bits per heavy atom. The summed E-state index contributed by atoms with van der Waals surface area (Å²) in [6.45, 7) is 7.72. The van der Waals surface area contributed by atoms with E-state index < -0.39 is 18.4 Å². The molecule has 32 heavy (non-hydrogen) atoms. The fourth-order valence-electron chi connectivity index (χ4n) is 3.78. The molecule has 3 aromatic rings. The monoisotopic (exact) mass is 437 g/mol. The predicted octanol–water partition coefficient (Wildman–Crippen LogP) is 3.16. The number of aryl methyl sites for hydroxylation is 2. The van der Waals surface area contributed by atoms with Crippen LogP contribution in [0.25, 0.3) is 5.69 Å². The Hall–Kier alpha value is -3.52. The topological polar surface area (TPSA) is 92.4 Å². The van der Waals surface area contributed by atoms with Crippen LogP contribution in [-0.4, -0.2) is 52.2 Å². The highest BCUT2D eigenvalue weighted by molar-refractivity contribution is 6.41. The van der Waals surface area contributed by atoms with Crippen LogP contribution in [0.5, 0.6) is 0 Å². The van der Waals surface area contributed by atoms with Crippen LogP contribution in [0.3, 0.4) is 0 Å². The lowest BCUT2D eigenvalue weighted by molar-refractivity contribution is -0.137. The molecule has 3 rings (SSSR count). The van der Waals surface area contributed by atoms with Crippen LogP contribution in [0.15, 0.2) is 36.4 Å².